The van der Waals surface area contributed by atoms with Crippen molar-refractivity contribution in [2.75, 3.05) is 10.5 Å². The van der Waals surface area contributed by atoms with Gasteiger partial charge in [0, 0.05) is 6.20 Å². The van der Waals surface area contributed by atoms with Crippen LogP contribution >= 0.6 is 0 Å². The van der Waals surface area contributed by atoms with E-state index in [1.54, 1.807) is 0 Å². The fourth-order valence-corrected chi connectivity index (χ4v) is 2.94. The molecule has 1 aromatic rings. The molecule has 0 radical (unpaired) electrons. The standard InChI is InChI=1S/C10H12N2O4S/c13-10(14)8-3-9(5-11-4-8)12-17(15,16)6-7-1-2-7/h3-5,7,12H,1-2,6H2,(H,13,14). The molecule has 0 saturated heterocycles. The van der Waals surface area contributed by atoms with Crippen LogP contribution in [0.1, 0.15) is 23.2 Å². The van der Waals surface area contributed by atoms with Gasteiger partial charge in [0.2, 0.25) is 10.0 Å². The number of aromatic nitrogens is 1. The van der Waals surface area contributed by atoms with Gasteiger partial charge >= 0.3 is 5.97 Å². The Morgan fingerprint density at radius 1 is 1.47 bits per heavy atom. The first-order valence-corrected chi connectivity index (χ1v) is 6.80. The van der Waals surface area contributed by atoms with Gasteiger partial charge in [-0.3, -0.25) is 9.71 Å². The van der Waals surface area contributed by atoms with E-state index in [1.807, 2.05) is 0 Å². The summed E-state index contributed by atoms with van der Waals surface area (Å²) < 4.78 is 25.6. The Hall–Kier alpha value is -1.63. The van der Waals surface area contributed by atoms with Crippen LogP contribution in [0.3, 0.4) is 0 Å². The molecule has 1 heterocycles. The quantitative estimate of drug-likeness (QED) is 0.817. The topological polar surface area (TPSA) is 96.4 Å². The monoisotopic (exact) mass is 256 g/mol. The molecule has 1 aromatic heterocycles. The van der Waals surface area contributed by atoms with Gasteiger partial charge in [-0.2, -0.15) is 0 Å². The highest BCUT2D eigenvalue weighted by Crippen LogP contribution is 2.30. The van der Waals surface area contributed by atoms with E-state index < -0.39 is 16.0 Å². The lowest BCUT2D eigenvalue weighted by molar-refractivity contribution is 0.0696. The van der Waals surface area contributed by atoms with Crippen molar-refractivity contribution in [3.05, 3.63) is 24.0 Å². The fourth-order valence-electron chi connectivity index (χ4n) is 1.43. The number of carboxylic acid groups (broad SMARTS) is 1. The Balaban J connectivity index is 2.12. The van der Waals surface area contributed by atoms with Crippen LogP contribution in [0, 0.1) is 5.92 Å². The molecular weight excluding hydrogens is 244 g/mol. The van der Waals surface area contributed by atoms with Crippen LogP contribution in [0.25, 0.3) is 0 Å². The largest absolute Gasteiger partial charge is 0.478 e. The van der Waals surface area contributed by atoms with Crippen LogP contribution < -0.4 is 4.72 Å². The molecule has 0 aromatic carbocycles. The lowest BCUT2D eigenvalue weighted by Crippen LogP contribution is -2.18. The molecule has 0 aliphatic heterocycles. The van der Waals surface area contributed by atoms with E-state index in [9.17, 15) is 13.2 Å². The van der Waals surface area contributed by atoms with Crippen LogP contribution in [-0.2, 0) is 10.0 Å². The van der Waals surface area contributed by atoms with Gasteiger partial charge in [-0.25, -0.2) is 13.2 Å². The van der Waals surface area contributed by atoms with Crippen molar-refractivity contribution in [3.63, 3.8) is 0 Å². The van der Waals surface area contributed by atoms with E-state index in [4.69, 9.17) is 5.11 Å². The maximum atomic E-state index is 11.6. The summed E-state index contributed by atoms with van der Waals surface area (Å²) in [6.45, 7) is 0. The number of hydrogen-bond acceptors (Lipinski definition) is 4. The van der Waals surface area contributed by atoms with Crippen molar-refractivity contribution in [2.45, 2.75) is 12.8 Å². The highest BCUT2D eigenvalue weighted by molar-refractivity contribution is 7.92. The van der Waals surface area contributed by atoms with Gasteiger partial charge < -0.3 is 5.11 Å². The van der Waals surface area contributed by atoms with E-state index in [2.05, 4.69) is 9.71 Å². The van der Waals surface area contributed by atoms with Gasteiger partial charge in [0.05, 0.1) is 23.2 Å². The summed E-state index contributed by atoms with van der Waals surface area (Å²) >= 11 is 0. The summed E-state index contributed by atoms with van der Waals surface area (Å²) in [5, 5.41) is 8.75. The zero-order chi connectivity index (χ0) is 12.5. The Labute approximate surface area is 98.7 Å². The highest BCUT2D eigenvalue weighted by Gasteiger charge is 2.28. The summed E-state index contributed by atoms with van der Waals surface area (Å²) in [4.78, 5) is 14.4. The third-order valence-corrected chi connectivity index (χ3v) is 3.87. The molecule has 2 N–H and O–H groups in total. The first-order chi connectivity index (χ1) is 7.96. The predicted molar refractivity (Wildman–Crippen MR) is 61.3 cm³/mol. The van der Waals surface area contributed by atoms with E-state index in [-0.39, 0.29) is 22.9 Å². The lowest BCUT2D eigenvalue weighted by Gasteiger charge is -2.07. The van der Waals surface area contributed by atoms with Gasteiger partial charge in [-0.1, -0.05) is 0 Å². The second-order valence-electron chi connectivity index (χ2n) is 4.09. The van der Waals surface area contributed by atoms with Crippen molar-refractivity contribution < 1.29 is 18.3 Å². The molecule has 17 heavy (non-hydrogen) atoms. The number of hydrogen-bond donors (Lipinski definition) is 2. The summed E-state index contributed by atoms with van der Waals surface area (Å²) in [6, 6.07) is 1.25. The molecule has 1 saturated carbocycles. The van der Waals surface area contributed by atoms with Crippen LogP contribution in [0.4, 0.5) is 5.69 Å². The molecule has 1 aliphatic carbocycles. The van der Waals surface area contributed by atoms with Crippen LogP contribution in [0.2, 0.25) is 0 Å². The van der Waals surface area contributed by atoms with Gasteiger partial charge in [-0.15, -0.1) is 0 Å². The molecule has 0 spiro atoms. The number of pyridine rings is 1. The maximum Gasteiger partial charge on any atom is 0.337 e. The number of rotatable bonds is 5. The molecular formula is C10H12N2O4S. The normalized spacial score (nSPS) is 15.5. The third-order valence-electron chi connectivity index (χ3n) is 2.41. The molecule has 7 heteroatoms. The summed E-state index contributed by atoms with van der Waals surface area (Å²) in [5.74, 6) is -0.812. The molecule has 1 aliphatic rings. The van der Waals surface area contributed by atoms with Crippen LogP contribution in [0.5, 0.6) is 0 Å². The molecule has 92 valence electrons. The Morgan fingerprint density at radius 3 is 2.76 bits per heavy atom. The summed E-state index contributed by atoms with van der Waals surface area (Å²) in [6.07, 6.45) is 4.33. The smallest absolute Gasteiger partial charge is 0.337 e. The molecule has 0 bridgehead atoms. The number of carbonyl (C=O) groups is 1. The van der Waals surface area contributed by atoms with Crippen LogP contribution in [0.15, 0.2) is 18.5 Å². The Bertz CT molecular complexity index is 537. The Kier molecular flexibility index (Phi) is 3.01. The second-order valence-corrected chi connectivity index (χ2v) is 5.86. The molecule has 0 atom stereocenters. The molecule has 1 fully saturated rings. The highest BCUT2D eigenvalue weighted by atomic mass is 32.2. The number of aromatic carboxylic acids is 1. The second kappa shape index (κ2) is 4.33. The van der Waals surface area contributed by atoms with E-state index in [1.165, 1.54) is 18.5 Å². The average Bonchev–Trinajstić information content (AvgIpc) is 3.00. The number of sulfonamides is 1. The van der Waals surface area contributed by atoms with E-state index >= 15 is 0 Å². The molecule has 2 rings (SSSR count). The minimum atomic E-state index is -3.40. The number of nitrogens with zero attached hydrogens (tertiary/aromatic N) is 1. The summed E-state index contributed by atoms with van der Waals surface area (Å²) in [5.41, 5.74) is 0.141. The van der Waals surface area contributed by atoms with Gasteiger partial charge in [0.15, 0.2) is 0 Å². The first-order valence-electron chi connectivity index (χ1n) is 5.15. The zero-order valence-electron chi connectivity index (χ0n) is 8.96. The van der Waals surface area contributed by atoms with Gasteiger partial charge in [0.25, 0.3) is 0 Å². The van der Waals surface area contributed by atoms with Gasteiger partial charge in [-0.05, 0) is 24.8 Å². The van der Waals surface area contributed by atoms with E-state index in [0.717, 1.165) is 12.8 Å². The van der Waals surface area contributed by atoms with Crippen molar-refractivity contribution in [3.8, 4) is 0 Å². The lowest BCUT2D eigenvalue weighted by atomic mass is 10.3. The summed E-state index contributed by atoms with van der Waals surface area (Å²) in [7, 11) is -3.40. The SMILES string of the molecule is O=C(O)c1cncc(NS(=O)(=O)CC2CC2)c1. The first kappa shape index (κ1) is 11.8. The Morgan fingerprint density at radius 2 is 2.18 bits per heavy atom. The van der Waals surface area contributed by atoms with Crippen molar-refractivity contribution in [1.29, 1.82) is 0 Å². The van der Waals surface area contributed by atoms with Gasteiger partial charge in [0.1, 0.15) is 0 Å². The average molecular weight is 256 g/mol. The molecule has 0 unspecified atom stereocenters. The maximum absolute atomic E-state index is 11.6. The number of anilines is 1. The fraction of sp³-hybridized carbons (Fsp3) is 0.400. The predicted octanol–water partition coefficient (Wildman–Crippen LogP) is 0.931. The van der Waals surface area contributed by atoms with Crippen molar-refractivity contribution in [1.82, 2.24) is 4.98 Å². The molecule has 0 amide bonds. The minimum absolute atomic E-state index is 0.0448. The number of nitrogens with one attached hydrogen (secondary N) is 1. The van der Waals surface area contributed by atoms with Crippen molar-refractivity contribution >= 4 is 21.7 Å². The minimum Gasteiger partial charge on any atom is -0.478 e. The van der Waals surface area contributed by atoms with Crippen molar-refractivity contribution in [2.24, 2.45) is 5.92 Å². The molecule has 6 nitrogen and oxygen atoms in total. The zero-order valence-corrected chi connectivity index (χ0v) is 9.77. The van der Waals surface area contributed by atoms with Crippen LogP contribution in [-0.4, -0.2) is 30.2 Å². The number of carboxylic acids is 1. The van der Waals surface area contributed by atoms with E-state index in [0.29, 0.717) is 0 Å². The third kappa shape index (κ3) is 3.42.